The summed E-state index contributed by atoms with van der Waals surface area (Å²) in [6.45, 7) is 2.25. The summed E-state index contributed by atoms with van der Waals surface area (Å²) in [7, 11) is 1.79. The van der Waals surface area contributed by atoms with E-state index in [1.807, 2.05) is 0 Å². The molecule has 20 heavy (non-hydrogen) atoms. The molecule has 6 heteroatoms. The molecule has 6 nitrogen and oxygen atoms in total. The topological polar surface area (TPSA) is 82.8 Å². The predicted octanol–water partition coefficient (Wildman–Crippen LogP) is 2.74. The predicted molar refractivity (Wildman–Crippen MR) is 75.9 cm³/mol. The molecule has 0 bridgehead atoms. The van der Waals surface area contributed by atoms with Gasteiger partial charge in [0.1, 0.15) is 11.4 Å². The molecule has 0 aromatic carbocycles. The maximum Gasteiger partial charge on any atom is 0.263 e. The van der Waals surface area contributed by atoms with Crippen LogP contribution in [0, 0.1) is 5.92 Å². The van der Waals surface area contributed by atoms with E-state index in [0.717, 1.165) is 24.6 Å². The van der Waals surface area contributed by atoms with E-state index in [2.05, 4.69) is 22.2 Å². The van der Waals surface area contributed by atoms with Gasteiger partial charge in [-0.1, -0.05) is 31.3 Å². The summed E-state index contributed by atoms with van der Waals surface area (Å²) >= 11 is 0. The number of aromatic nitrogens is 4. The molecule has 0 spiro atoms. The molecule has 0 amide bonds. The van der Waals surface area contributed by atoms with Crippen molar-refractivity contribution in [3.05, 3.63) is 12.0 Å². The van der Waals surface area contributed by atoms with Crippen LogP contribution in [0.4, 0.5) is 5.82 Å². The molecule has 2 N–H and O–H groups in total. The quantitative estimate of drug-likeness (QED) is 0.931. The highest BCUT2D eigenvalue weighted by molar-refractivity contribution is 5.66. The Bertz CT molecular complexity index is 588. The van der Waals surface area contributed by atoms with Crippen LogP contribution in [0.2, 0.25) is 0 Å². The van der Waals surface area contributed by atoms with Gasteiger partial charge in [0, 0.05) is 13.0 Å². The molecule has 0 saturated heterocycles. The lowest BCUT2D eigenvalue weighted by Gasteiger charge is -2.26. The molecular formula is C14H21N5O. The first-order valence-electron chi connectivity index (χ1n) is 7.30. The number of aryl methyl sites for hydroxylation is 1. The molecular weight excluding hydrogens is 254 g/mol. The summed E-state index contributed by atoms with van der Waals surface area (Å²) in [4.78, 5) is 4.54. The molecule has 0 aliphatic heterocycles. The van der Waals surface area contributed by atoms with Crippen molar-refractivity contribution in [3.8, 4) is 11.5 Å². The summed E-state index contributed by atoms with van der Waals surface area (Å²) in [6.07, 6.45) is 7.80. The second kappa shape index (κ2) is 5.26. The minimum atomic E-state index is 0.420. The number of anilines is 1. The van der Waals surface area contributed by atoms with Crippen LogP contribution in [0.5, 0.6) is 0 Å². The summed E-state index contributed by atoms with van der Waals surface area (Å²) in [5.41, 5.74) is 6.66. The second-order valence-electron chi connectivity index (χ2n) is 5.66. The zero-order valence-corrected chi connectivity index (χ0v) is 12.0. The third-order valence-electron chi connectivity index (χ3n) is 4.38. The van der Waals surface area contributed by atoms with E-state index in [-0.39, 0.29) is 0 Å². The van der Waals surface area contributed by atoms with Crippen LogP contribution in [0.1, 0.15) is 50.8 Å². The summed E-state index contributed by atoms with van der Waals surface area (Å²) in [6, 6.07) is 0. The average Bonchev–Trinajstić information content (AvgIpc) is 3.07. The Labute approximate surface area is 118 Å². The van der Waals surface area contributed by atoms with E-state index in [9.17, 15) is 0 Å². The van der Waals surface area contributed by atoms with E-state index in [4.69, 9.17) is 10.3 Å². The molecule has 1 aliphatic rings. The van der Waals surface area contributed by atoms with Crippen molar-refractivity contribution >= 4 is 5.82 Å². The van der Waals surface area contributed by atoms with Gasteiger partial charge >= 0.3 is 0 Å². The molecule has 108 valence electrons. The summed E-state index contributed by atoms with van der Waals surface area (Å²) in [5, 5.41) is 8.26. The van der Waals surface area contributed by atoms with Crippen LogP contribution in [0.25, 0.3) is 11.5 Å². The third-order valence-corrected chi connectivity index (χ3v) is 4.38. The van der Waals surface area contributed by atoms with Gasteiger partial charge in [0.2, 0.25) is 0 Å². The summed E-state index contributed by atoms with van der Waals surface area (Å²) < 4.78 is 6.98. The van der Waals surface area contributed by atoms with Crippen molar-refractivity contribution in [2.24, 2.45) is 13.0 Å². The van der Waals surface area contributed by atoms with Crippen LogP contribution in [-0.2, 0) is 7.05 Å². The molecule has 3 rings (SSSR count). The standard InChI is InChI=1S/C14H21N5O/c1-3-9-5-4-6-10(7-9)13-17-14(20-18-13)11-8-16-19(2)12(11)15/h8-10H,3-7,15H2,1-2H3. The number of rotatable bonds is 3. The molecule has 1 fully saturated rings. The zero-order valence-electron chi connectivity index (χ0n) is 12.0. The van der Waals surface area contributed by atoms with Crippen LogP contribution < -0.4 is 5.73 Å². The lowest BCUT2D eigenvalue weighted by atomic mass is 9.80. The maximum absolute atomic E-state index is 5.94. The van der Waals surface area contributed by atoms with Crippen molar-refractivity contribution in [3.63, 3.8) is 0 Å². The fourth-order valence-corrected chi connectivity index (χ4v) is 3.02. The fraction of sp³-hybridized carbons (Fsp3) is 0.643. The van der Waals surface area contributed by atoms with Crippen LogP contribution in [0.15, 0.2) is 10.7 Å². The van der Waals surface area contributed by atoms with E-state index >= 15 is 0 Å². The van der Waals surface area contributed by atoms with Gasteiger partial charge in [-0.15, -0.1) is 0 Å². The van der Waals surface area contributed by atoms with Gasteiger partial charge in [-0.05, 0) is 18.8 Å². The SMILES string of the molecule is CCC1CCCC(c2noc(-c3cnn(C)c3N)n2)C1. The smallest absolute Gasteiger partial charge is 0.263 e. The minimum Gasteiger partial charge on any atom is -0.383 e. The molecule has 2 atom stereocenters. The first-order chi connectivity index (χ1) is 9.69. The molecule has 0 radical (unpaired) electrons. The third kappa shape index (κ3) is 2.30. The monoisotopic (exact) mass is 275 g/mol. The largest absolute Gasteiger partial charge is 0.383 e. The van der Waals surface area contributed by atoms with Gasteiger partial charge in [0.15, 0.2) is 5.82 Å². The highest BCUT2D eigenvalue weighted by Gasteiger charge is 2.26. The number of hydrogen-bond acceptors (Lipinski definition) is 5. The molecule has 2 heterocycles. The van der Waals surface area contributed by atoms with E-state index in [1.165, 1.54) is 19.3 Å². The van der Waals surface area contributed by atoms with Crippen LogP contribution in [-0.4, -0.2) is 19.9 Å². The Kier molecular flexibility index (Phi) is 3.46. The van der Waals surface area contributed by atoms with Gasteiger partial charge in [0.05, 0.1) is 6.20 Å². The van der Waals surface area contributed by atoms with Gasteiger partial charge < -0.3 is 10.3 Å². The van der Waals surface area contributed by atoms with Crippen molar-refractivity contribution in [2.45, 2.75) is 44.9 Å². The Morgan fingerprint density at radius 1 is 1.45 bits per heavy atom. The first-order valence-corrected chi connectivity index (χ1v) is 7.30. The maximum atomic E-state index is 5.94. The highest BCUT2D eigenvalue weighted by Crippen LogP contribution is 2.37. The Hall–Kier alpha value is -1.85. The van der Waals surface area contributed by atoms with Crippen molar-refractivity contribution in [1.82, 2.24) is 19.9 Å². The Morgan fingerprint density at radius 2 is 2.30 bits per heavy atom. The lowest BCUT2D eigenvalue weighted by molar-refractivity contribution is 0.300. The molecule has 1 saturated carbocycles. The van der Waals surface area contributed by atoms with Gasteiger partial charge in [-0.2, -0.15) is 10.1 Å². The molecule has 2 unspecified atom stereocenters. The number of hydrogen-bond donors (Lipinski definition) is 1. The zero-order chi connectivity index (χ0) is 14.1. The second-order valence-corrected chi connectivity index (χ2v) is 5.66. The van der Waals surface area contributed by atoms with E-state index < -0.39 is 0 Å². The van der Waals surface area contributed by atoms with Crippen molar-refractivity contribution in [2.75, 3.05) is 5.73 Å². The molecule has 2 aromatic rings. The number of nitrogens with two attached hydrogens (primary N) is 1. The molecule has 1 aliphatic carbocycles. The number of nitrogen functional groups attached to an aromatic ring is 1. The van der Waals surface area contributed by atoms with Crippen molar-refractivity contribution in [1.29, 1.82) is 0 Å². The highest BCUT2D eigenvalue weighted by atomic mass is 16.5. The lowest BCUT2D eigenvalue weighted by Crippen LogP contribution is -2.14. The Morgan fingerprint density at radius 3 is 3.00 bits per heavy atom. The average molecular weight is 275 g/mol. The van der Waals surface area contributed by atoms with Gasteiger partial charge in [-0.25, -0.2) is 0 Å². The van der Waals surface area contributed by atoms with Crippen molar-refractivity contribution < 1.29 is 4.52 Å². The van der Waals surface area contributed by atoms with Gasteiger partial charge in [0.25, 0.3) is 5.89 Å². The van der Waals surface area contributed by atoms with E-state index in [1.54, 1.807) is 17.9 Å². The molecule has 2 aromatic heterocycles. The van der Waals surface area contributed by atoms with Crippen LogP contribution >= 0.6 is 0 Å². The normalized spacial score (nSPS) is 23.1. The minimum absolute atomic E-state index is 0.420. The Balaban J connectivity index is 1.81. The summed E-state index contributed by atoms with van der Waals surface area (Å²) in [5.74, 6) is 3.06. The number of nitrogens with zero attached hydrogens (tertiary/aromatic N) is 4. The first kappa shape index (κ1) is 13.1. The van der Waals surface area contributed by atoms with E-state index in [0.29, 0.717) is 23.2 Å². The fourth-order valence-electron chi connectivity index (χ4n) is 3.02. The van der Waals surface area contributed by atoms with Gasteiger partial charge in [-0.3, -0.25) is 4.68 Å². The van der Waals surface area contributed by atoms with Crippen LogP contribution in [0.3, 0.4) is 0 Å².